The summed E-state index contributed by atoms with van der Waals surface area (Å²) < 4.78 is 0. The van der Waals surface area contributed by atoms with Gasteiger partial charge in [0.15, 0.2) is 0 Å². The molecule has 0 saturated heterocycles. The molecule has 0 rings (SSSR count). The van der Waals surface area contributed by atoms with E-state index in [9.17, 15) is 0 Å². The normalized spacial score (nSPS) is 14.4. The Morgan fingerprint density at radius 2 is 0.722 bits per heavy atom. The van der Waals surface area contributed by atoms with Crippen LogP contribution in [-0.2, 0) is 0 Å². The van der Waals surface area contributed by atoms with Crippen molar-refractivity contribution >= 4 is 11.8 Å². The van der Waals surface area contributed by atoms with Crippen molar-refractivity contribution in [2.24, 2.45) is 23.7 Å². The highest BCUT2D eigenvalue weighted by atomic mass is 32.2. The monoisotopic (exact) mass is 525 g/mol. The van der Waals surface area contributed by atoms with Crippen molar-refractivity contribution in [2.45, 2.75) is 189 Å². The fourth-order valence-electron chi connectivity index (χ4n) is 5.55. The molecule has 0 radical (unpaired) electrons. The topological polar surface area (TPSA) is 0 Å². The van der Waals surface area contributed by atoms with Crippen molar-refractivity contribution in [1.82, 2.24) is 0 Å². The highest BCUT2D eigenvalue weighted by Gasteiger charge is 2.08. The van der Waals surface area contributed by atoms with Gasteiger partial charge in [0.1, 0.15) is 0 Å². The third-order valence-electron chi connectivity index (χ3n) is 8.41. The molecule has 0 fully saturated rings. The van der Waals surface area contributed by atoms with Crippen LogP contribution < -0.4 is 0 Å². The minimum atomic E-state index is 0.877. The van der Waals surface area contributed by atoms with Crippen molar-refractivity contribution < 1.29 is 0 Å². The van der Waals surface area contributed by atoms with Crippen LogP contribution in [0.25, 0.3) is 0 Å². The molecule has 0 aliphatic carbocycles. The van der Waals surface area contributed by atoms with Crippen LogP contribution in [-0.4, -0.2) is 11.5 Å². The lowest BCUT2D eigenvalue weighted by Gasteiger charge is -2.16. The summed E-state index contributed by atoms with van der Waals surface area (Å²) in [5.41, 5.74) is 0. The van der Waals surface area contributed by atoms with Gasteiger partial charge in [-0.15, -0.1) is 0 Å². The van der Waals surface area contributed by atoms with E-state index in [1.807, 2.05) is 0 Å². The lowest BCUT2D eigenvalue weighted by Crippen LogP contribution is -2.02. The molecule has 0 nitrogen and oxygen atoms in total. The Kier molecular flexibility index (Phi) is 28.6. The molecule has 1 heteroatoms. The average molecular weight is 525 g/mol. The van der Waals surface area contributed by atoms with E-state index in [0.29, 0.717) is 0 Å². The third-order valence-corrected chi connectivity index (χ3v) is 9.52. The molecular formula is C35H72S. The van der Waals surface area contributed by atoms with E-state index < -0.39 is 0 Å². The molecule has 0 bridgehead atoms. The van der Waals surface area contributed by atoms with Crippen molar-refractivity contribution in [3.63, 3.8) is 0 Å². The summed E-state index contributed by atoms with van der Waals surface area (Å²) in [4.78, 5) is 0. The van der Waals surface area contributed by atoms with Gasteiger partial charge in [0.25, 0.3) is 0 Å². The van der Waals surface area contributed by atoms with E-state index >= 15 is 0 Å². The first kappa shape index (κ1) is 36.4. The molecule has 3 unspecified atom stereocenters. The number of hydrogen-bond donors (Lipinski definition) is 0. The lowest BCUT2D eigenvalue weighted by atomic mass is 9.91. The van der Waals surface area contributed by atoms with E-state index in [1.165, 1.54) is 159 Å². The van der Waals surface area contributed by atoms with Crippen LogP contribution in [0.15, 0.2) is 0 Å². The predicted octanol–water partition coefficient (Wildman–Crippen LogP) is 13.3. The zero-order valence-electron chi connectivity index (χ0n) is 26.4. The van der Waals surface area contributed by atoms with Gasteiger partial charge in [-0.1, -0.05) is 176 Å². The Hall–Kier alpha value is 0.350. The standard InChI is InChI=1S/C35H72S/c1-7-8-9-10-11-12-13-14-15-16-17-18-19-30-36-31-29-35(6)28-22-27-34(5)26-21-25-33(4)24-20-23-32(2)3/h32-35H,7-31H2,1-6H3. The van der Waals surface area contributed by atoms with Gasteiger partial charge in [0, 0.05) is 0 Å². The summed E-state index contributed by atoms with van der Waals surface area (Å²) in [7, 11) is 0. The maximum absolute atomic E-state index is 2.50. The molecule has 0 heterocycles. The van der Waals surface area contributed by atoms with Crippen LogP contribution >= 0.6 is 11.8 Å². The van der Waals surface area contributed by atoms with E-state index in [0.717, 1.165) is 23.7 Å². The van der Waals surface area contributed by atoms with Gasteiger partial charge < -0.3 is 0 Å². The van der Waals surface area contributed by atoms with Crippen molar-refractivity contribution in [2.75, 3.05) is 11.5 Å². The minimum absolute atomic E-state index is 0.877. The molecule has 0 saturated carbocycles. The molecule has 0 N–H and O–H groups in total. The first-order chi connectivity index (χ1) is 17.5. The van der Waals surface area contributed by atoms with Gasteiger partial charge in [-0.3, -0.25) is 0 Å². The summed E-state index contributed by atoms with van der Waals surface area (Å²) in [5, 5.41) is 0. The van der Waals surface area contributed by atoms with E-state index in [4.69, 9.17) is 0 Å². The molecule has 0 aromatic rings. The average Bonchev–Trinajstić information content (AvgIpc) is 2.83. The van der Waals surface area contributed by atoms with E-state index in [1.54, 1.807) is 0 Å². The van der Waals surface area contributed by atoms with Gasteiger partial charge in [-0.05, 0) is 48.0 Å². The van der Waals surface area contributed by atoms with Crippen LogP contribution in [0.5, 0.6) is 0 Å². The first-order valence-corrected chi connectivity index (χ1v) is 18.2. The smallest absolute Gasteiger partial charge is 0.00650 e. The molecule has 36 heavy (non-hydrogen) atoms. The summed E-state index contributed by atoms with van der Waals surface area (Å²) in [6.07, 6.45) is 33.5. The third kappa shape index (κ3) is 28.9. The summed E-state index contributed by atoms with van der Waals surface area (Å²) in [5.74, 6) is 6.47. The van der Waals surface area contributed by atoms with Crippen LogP contribution in [0.3, 0.4) is 0 Å². The largest absolute Gasteiger partial charge is 0.162 e. The highest BCUT2D eigenvalue weighted by molar-refractivity contribution is 7.99. The van der Waals surface area contributed by atoms with Crippen LogP contribution in [0.1, 0.15) is 189 Å². The second-order valence-corrected chi connectivity index (χ2v) is 14.4. The Balaban J connectivity index is 3.33. The Morgan fingerprint density at radius 1 is 0.361 bits per heavy atom. The number of thioether (sulfide) groups is 1. The van der Waals surface area contributed by atoms with Gasteiger partial charge in [-0.2, -0.15) is 11.8 Å². The second kappa shape index (κ2) is 28.4. The van der Waals surface area contributed by atoms with Crippen LogP contribution in [0.4, 0.5) is 0 Å². The zero-order valence-corrected chi connectivity index (χ0v) is 27.2. The van der Waals surface area contributed by atoms with Crippen molar-refractivity contribution in [3.05, 3.63) is 0 Å². The van der Waals surface area contributed by atoms with E-state index in [-0.39, 0.29) is 0 Å². The molecule has 0 aliphatic heterocycles. The number of rotatable bonds is 29. The van der Waals surface area contributed by atoms with Gasteiger partial charge in [-0.25, -0.2) is 0 Å². The van der Waals surface area contributed by atoms with Gasteiger partial charge in [0.05, 0.1) is 0 Å². The molecule has 0 amide bonds. The molecule has 0 aromatic heterocycles. The SMILES string of the molecule is CCCCCCCCCCCCCCCSCCC(C)CCCC(C)CCCC(C)CCCC(C)C. The summed E-state index contributed by atoms with van der Waals surface area (Å²) in [6.45, 7) is 14.5. The maximum atomic E-state index is 2.50. The lowest BCUT2D eigenvalue weighted by molar-refractivity contribution is 0.377. The van der Waals surface area contributed by atoms with Crippen LogP contribution in [0, 0.1) is 23.7 Å². The molecular weight excluding hydrogens is 452 g/mol. The zero-order chi connectivity index (χ0) is 26.7. The quantitative estimate of drug-likeness (QED) is 0.0876. The van der Waals surface area contributed by atoms with E-state index in [2.05, 4.69) is 53.3 Å². The van der Waals surface area contributed by atoms with Crippen LogP contribution in [0.2, 0.25) is 0 Å². The first-order valence-electron chi connectivity index (χ1n) is 17.0. The second-order valence-electron chi connectivity index (χ2n) is 13.1. The fourth-order valence-corrected chi connectivity index (χ4v) is 6.73. The Labute approximate surface area is 235 Å². The Morgan fingerprint density at radius 3 is 1.14 bits per heavy atom. The van der Waals surface area contributed by atoms with Crippen molar-refractivity contribution in [1.29, 1.82) is 0 Å². The maximum Gasteiger partial charge on any atom is -0.00650 e. The van der Waals surface area contributed by atoms with Crippen molar-refractivity contribution in [3.8, 4) is 0 Å². The summed E-state index contributed by atoms with van der Waals surface area (Å²) in [6, 6.07) is 0. The summed E-state index contributed by atoms with van der Waals surface area (Å²) >= 11 is 2.22. The molecule has 0 aromatic carbocycles. The molecule has 3 atom stereocenters. The minimum Gasteiger partial charge on any atom is -0.162 e. The molecule has 0 aliphatic rings. The number of hydrogen-bond acceptors (Lipinski definition) is 1. The number of unbranched alkanes of at least 4 members (excludes halogenated alkanes) is 12. The Bertz CT molecular complexity index is 403. The fraction of sp³-hybridized carbons (Fsp3) is 1.00. The van der Waals surface area contributed by atoms with Gasteiger partial charge >= 0.3 is 0 Å². The molecule has 0 spiro atoms. The molecule has 218 valence electrons. The van der Waals surface area contributed by atoms with Gasteiger partial charge in [0.2, 0.25) is 0 Å². The predicted molar refractivity (Wildman–Crippen MR) is 172 cm³/mol. The highest BCUT2D eigenvalue weighted by Crippen LogP contribution is 2.23.